The maximum absolute atomic E-state index is 14.4. The molecule has 31 heavy (non-hydrogen) atoms. The van der Waals surface area contributed by atoms with Gasteiger partial charge in [-0.05, 0) is 43.3 Å². The van der Waals surface area contributed by atoms with Crippen molar-refractivity contribution in [3.63, 3.8) is 0 Å². The third-order valence-electron chi connectivity index (χ3n) is 5.26. The summed E-state index contributed by atoms with van der Waals surface area (Å²) in [6.07, 6.45) is 0. The van der Waals surface area contributed by atoms with Gasteiger partial charge >= 0.3 is 11.1 Å². The van der Waals surface area contributed by atoms with Gasteiger partial charge in [-0.2, -0.15) is 4.31 Å². The summed E-state index contributed by atoms with van der Waals surface area (Å²) in [5.74, 6) is -0.765. The maximum Gasteiger partial charge on any atom is 0.314 e. The molecule has 11 heteroatoms. The molecule has 1 aromatic heterocycles. The van der Waals surface area contributed by atoms with Crippen LogP contribution in [0.4, 0.5) is 10.1 Å². The van der Waals surface area contributed by atoms with E-state index in [4.69, 9.17) is 0 Å². The minimum atomic E-state index is -3.86. The van der Waals surface area contributed by atoms with Crippen molar-refractivity contribution in [1.29, 1.82) is 0 Å². The highest BCUT2D eigenvalue weighted by atomic mass is 32.2. The largest absolute Gasteiger partial charge is 0.367 e. The average molecular weight is 446 g/mol. The maximum atomic E-state index is 14.4. The van der Waals surface area contributed by atoms with Crippen LogP contribution in [0.25, 0.3) is 11.0 Å². The van der Waals surface area contributed by atoms with Crippen LogP contribution in [0.3, 0.4) is 0 Å². The van der Waals surface area contributed by atoms with Crippen molar-refractivity contribution in [3.8, 4) is 0 Å². The van der Waals surface area contributed by atoms with Gasteiger partial charge in [0.15, 0.2) is 5.78 Å². The third kappa shape index (κ3) is 3.89. The quantitative estimate of drug-likeness (QED) is 0.457. The van der Waals surface area contributed by atoms with E-state index in [0.717, 1.165) is 0 Å². The summed E-state index contributed by atoms with van der Waals surface area (Å²) in [5, 5.41) is 0. The summed E-state index contributed by atoms with van der Waals surface area (Å²) in [6, 6.07) is 8.33. The fraction of sp³-hybridized carbons (Fsp3) is 0.250. The molecule has 1 aliphatic heterocycles. The fourth-order valence-electron chi connectivity index (χ4n) is 3.56. The lowest BCUT2D eigenvalue weighted by atomic mass is 10.1. The highest BCUT2D eigenvalue weighted by molar-refractivity contribution is 7.89. The van der Waals surface area contributed by atoms with E-state index in [0.29, 0.717) is 11.2 Å². The molecule has 0 bridgehead atoms. The van der Waals surface area contributed by atoms with Crippen molar-refractivity contribution in [2.24, 2.45) is 0 Å². The molecule has 0 spiro atoms. The lowest BCUT2D eigenvalue weighted by Crippen LogP contribution is -2.48. The number of rotatable bonds is 4. The summed E-state index contributed by atoms with van der Waals surface area (Å²) in [5.41, 5.74) is -0.571. The summed E-state index contributed by atoms with van der Waals surface area (Å²) < 4.78 is 41.8. The Balaban J connectivity index is 1.55. The third-order valence-corrected chi connectivity index (χ3v) is 7.16. The molecule has 2 N–H and O–H groups in total. The second kappa shape index (κ2) is 7.75. The first-order chi connectivity index (χ1) is 14.7. The van der Waals surface area contributed by atoms with Crippen molar-refractivity contribution in [2.75, 3.05) is 31.1 Å². The fourth-order valence-corrected chi connectivity index (χ4v) is 5.00. The number of fused-ring (bicyclic) bond motifs is 1. The van der Waals surface area contributed by atoms with Crippen LogP contribution in [-0.2, 0) is 10.0 Å². The topological polar surface area (TPSA) is 123 Å². The zero-order valence-corrected chi connectivity index (χ0v) is 17.3. The molecule has 1 fully saturated rings. The zero-order chi connectivity index (χ0) is 22.3. The first-order valence-corrected chi connectivity index (χ1v) is 10.9. The number of aromatic amines is 2. The van der Waals surface area contributed by atoms with E-state index in [-0.39, 0.29) is 47.9 Å². The molecule has 2 heterocycles. The number of ketones is 1. The number of sulfonamides is 1. The van der Waals surface area contributed by atoms with Gasteiger partial charge in [0.25, 0.3) is 0 Å². The molecule has 0 radical (unpaired) electrons. The molecule has 1 aliphatic rings. The Morgan fingerprint density at radius 3 is 2.19 bits per heavy atom. The van der Waals surface area contributed by atoms with Crippen LogP contribution in [0.2, 0.25) is 0 Å². The van der Waals surface area contributed by atoms with E-state index in [1.54, 1.807) is 11.0 Å². The van der Waals surface area contributed by atoms with Crippen molar-refractivity contribution < 1.29 is 17.6 Å². The zero-order valence-electron chi connectivity index (χ0n) is 16.5. The van der Waals surface area contributed by atoms with Gasteiger partial charge in [-0.1, -0.05) is 0 Å². The van der Waals surface area contributed by atoms with Gasteiger partial charge in [0.05, 0.1) is 21.6 Å². The predicted molar refractivity (Wildman–Crippen MR) is 113 cm³/mol. The Labute approximate surface area is 176 Å². The normalized spacial score (nSPS) is 15.4. The molecule has 4 rings (SSSR count). The summed E-state index contributed by atoms with van der Waals surface area (Å²) in [6.45, 7) is 2.17. The minimum absolute atomic E-state index is 0.0202. The molecule has 162 valence electrons. The van der Waals surface area contributed by atoms with Crippen LogP contribution in [0, 0.1) is 5.82 Å². The molecule has 0 unspecified atom stereocenters. The molecule has 0 saturated carbocycles. The molecule has 3 aromatic rings. The van der Waals surface area contributed by atoms with E-state index in [1.165, 1.54) is 41.6 Å². The van der Waals surface area contributed by atoms with Crippen molar-refractivity contribution >= 4 is 32.5 Å². The SMILES string of the molecule is CC(=O)c1ccc(N2CCN(S(=O)(=O)c3ccc4[nH]c(=O)c(=O)[nH]c4c3)CC2)c(F)c1. The second-order valence-electron chi connectivity index (χ2n) is 7.23. The van der Waals surface area contributed by atoms with E-state index >= 15 is 0 Å². The number of aromatic nitrogens is 2. The number of hydrogen-bond donors (Lipinski definition) is 2. The van der Waals surface area contributed by atoms with Crippen LogP contribution in [0.1, 0.15) is 17.3 Å². The number of piperazine rings is 1. The van der Waals surface area contributed by atoms with E-state index < -0.39 is 27.0 Å². The van der Waals surface area contributed by atoms with E-state index in [9.17, 15) is 27.2 Å². The van der Waals surface area contributed by atoms with Gasteiger partial charge in [0, 0.05) is 31.7 Å². The number of nitrogens with zero attached hydrogens (tertiary/aromatic N) is 2. The number of hydrogen-bond acceptors (Lipinski definition) is 6. The summed E-state index contributed by atoms with van der Waals surface area (Å²) in [7, 11) is -3.86. The van der Waals surface area contributed by atoms with Crippen LogP contribution in [0.5, 0.6) is 0 Å². The number of benzene rings is 2. The van der Waals surface area contributed by atoms with Gasteiger partial charge in [0.2, 0.25) is 10.0 Å². The van der Waals surface area contributed by atoms with E-state index in [2.05, 4.69) is 9.97 Å². The first kappa shape index (κ1) is 20.9. The molecular formula is C20H19FN4O5S. The number of anilines is 1. The minimum Gasteiger partial charge on any atom is -0.367 e. The van der Waals surface area contributed by atoms with Crippen LogP contribution < -0.4 is 16.0 Å². The second-order valence-corrected chi connectivity index (χ2v) is 9.17. The number of Topliss-reactive ketones (excluding diaryl/α,β-unsaturated/α-hetero) is 1. The molecule has 9 nitrogen and oxygen atoms in total. The molecular weight excluding hydrogens is 427 g/mol. The van der Waals surface area contributed by atoms with Gasteiger partial charge in [-0.25, -0.2) is 12.8 Å². The Hall–Kier alpha value is -3.31. The van der Waals surface area contributed by atoms with Crippen molar-refractivity contribution in [3.05, 3.63) is 68.5 Å². The lowest BCUT2D eigenvalue weighted by Gasteiger charge is -2.35. The van der Waals surface area contributed by atoms with Crippen molar-refractivity contribution in [2.45, 2.75) is 11.8 Å². The molecule has 0 aliphatic carbocycles. The number of carbonyl (C=O) groups is 1. The Morgan fingerprint density at radius 1 is 0.935 bits per heavy atom. The van der Waals surface area contributed by atoms with Gasteiger partial charge in [0.1, 0.15) is 5.82 Å². The highest BCUT2D eigenvalue weighted by Crippen LogP contribution is 2.25. The predicted octanol–water partition coefficient (Wildman–Crippen LogP) is 1.07. The van der Waals surface area contributed by atoms with Crippen LogP contribution >= 0.6 is 0 Å². The lowest BCUT2D eigenvalue weighted by molar-refractivity contribution is 0.101. The number of halogens is 1. The number of H-pyrrole nitrogens is 2. The number of nitrogens with one attached hydrogen (secondary N) is 2. The van der Waals surface area contributed by atoms with Gasteiger partial charge in [-0.3, -0.25) is 14.4 Å². The molecule has 0 amide bonds. The molecule has 2 aromatic carbocycles. The highest BCUT2D eigenvalue weighted by Gasteiger charge is 2.29. The van der Waals surface area contributed by atoms with Gasteiger partial charge in [-0.15, -0.1) is 0 Å². The standard InChI is InChI=1S/C20H19FN4O5S/c1-12(26)13-2-5-18(15(21)10-13)24-6-8-25(9-7-24)31(29,30)14-3-4-16-17(11-14)23-20(28)19(27)22-16/h2-5,10-11H,6-9H2,1H3,(H,22,27)(H,23,28). The summed E-state index contributed by atoms with van der Waals surface area (Å²) in [4.78, 5) is 40.8. The van der Waals surface area contributed by atoms with Gasteiger partial charge < -0.3 is 14.9 Å². The Kier molecular flexibility index (Phi) is 5.23. The molecule has 0 atom stereocenters. The van der Waals surface area contributed by atoms with Crippen LogP contribution in [-0.4, -0.2) is 54.7 Å². The van der Waals surface area contributed by atoms with E-state index in [1.807, 2.05) is 0 Å². The Morgan fingerprint density at radius 2 is 1.58 bits per heavy atom. The monoisotopic (exact) mass is 446 g/mol. The average Bonchev–Trinajstić information content (AvgIpc) is 2.74. The summed E-state index contributed by atoms with van der Waals surface area (Å²) >= 11 is 0. The smallest absolute Gasteiger partial charge is 0.314 e. The number of carbonyl (C=O) groups excluding carboxylic acids is 1. The molecule has 1 saturated heterocycles. The Bertz CT molecular complexity index is 1410. The first-order valence-electron chi connectivity index (χ1n) is 9.49. The van der Waals surface area contributed by atoms with Crippen LogP contribution in [0.15, 0.2) is 50.9 Å². The van der Waals surface area contributed by atoms with Crippen molar-refractivity contribution in [1.82, 2.24) is 14.3 Å².